The molecule has 1 aliphatic heterocycles. The van der Waals surface area contributed by atoms with E-state index >= 15 is 0 Å². The highest BCUT2D eigenvalue weighted by molar-refractivity contribution is 7.98. The van der Waals surface area contributed by atoms with Crippen LogP contribution in [-0.4, -0.2) is 42.3 Å². The number of nitrogens with one attached hydrogen (secondary N) is 1. The van der Waals surface area contributed by atoms with Crippen molar-refractivity contribution in [1.29, 1.82) is 0 Å². The van der Waals surface area contributed by atoms with Crippen LogP contribution in [-0.2, 0) is 11.2 Å². The molecule has 78 valence electrons. The number of rotatable bonds is 3. The van der Waals surface area contributed by atoms with Crippen molar-refractivity contribution in [3.05, 3.63) is 5.89 Å². The van der Waals surface area contributed by atoms with Crippen LogP contribution in [0.5, 0.6) is 0 Å². The molecule has 5 nitrogen and oxygen atoms in total. The van der Waals surface area contributed by atoms with Crippen LogP contribution in [0.15, 0.2) is 9.64 Å². The fraction of sp³-hybridized carbons (Fsp3) is 0.750. The molecule has 2 rings (SSSR count). The van der Waals surface area contributed by atoms with Crippen molar-refractivity contribution in [2.45, 2.75) is 17.7 Å². The SMILES string of the molecule is CSc1nnc(CC2COCCN2)o1. The van der Waals surface area contributed by atoms with Gasteiger partial charge < -0.3 is 14.5 Å². The number of ether oxygens (including phenoxy) is 1. The summed E-state index contributed by atoms with van der Waals surface area (Å²) in [5.41, 5.74) is 0. The molecule has 0 saturated carbocycles. The van der Waals surface area contributed by atoms with Crippen LogP contribution in [0.1, 0.15) is 5.89 Å². The smallest absolute Gasteiger partial charge is 0.276 e. The highest BCUT2D eigenvalue weighted by Crippen LogP contribution is 2.13. The van der Waals surface area contributed by atoms with E-state index in [9.17, 15) is 0 Å². The predicted octanol–water partition coefficient (Wildman–Crippen LogP) is 0.322. The van der Waals surface area contributed by atoms with Gasteiger partial charge in [0, 0.05) is 19.0 Å². The molecule has 0 aliphatic carbocycles. The standard InChI is InChI=1S/C8H13N3O2S/c1-14-8-11-10-7(13-8)4-6-5-12-3-2-9-6/h6,9H,2-5H2,1H3. The fourth-order valence-electron chi connectivity index (χ4n) is 1.36. The summed E-state index contributed by atoms with van der Waals surface area (Å²) in [5.74, 6) is 0.678. The van der Waals surface area contributed by atoms with E-state index in [1.165, 1.54) is 11.8 Å². The minimum atomic E-state index is 0.305. The summed E-state index contributed by atoms with van der Waals surface area (Å²) >= 11 is 1.46. The largest absolute Gasteiger partial charge is 0.416 e. The summed E-state index contributed by atoms with van der Waals surface area (Å²) in [6.45, 7) is 2.40. The van der Waals surface area contributed by atoms with Crippen LogP contribution in [0.3, 0.4) is 0 Å². The second kappa shape index (κ2) is 4.77. The average Bonchev–Trinajstić information content (AvgIpc) is 2.67. The first-order valence-corrected chi connectivity index (χ1v) is 5.78. The van der Waals surface area contributed by atoms with Crippen molar-refractivity contribution in [3.8, 4) is 0 Å². The first kappa shape index (κ1) is 9.95. The van der Waals surface area contributed by atoms with Crippen molar-refractivity contribution >= 4 is 11.8 Å². The molecular weight excluding hydrogens is 202 g/mol. The number of nitrogens with zero attached hydrogens (tertiary/aromatic N) is 2. The average molecular weight is 215 g/mol. The van der Waals surface area contributed by atoms with Crippen molar-refractivity contribution < 1.29 is 9.15 Å². The van der Waals surface area contributed by atoms with Crippen LogP contribution >= 0.6 is 11.8 Å². The molecule has 0 radical (unpaired) electrons. The maximum Gasteiger partial charge on any atom is 0.276 e. The van der Waals surface area contributed by atoms with Gasteiger partial charge in [-0.25, -0.2) is 0 Å². The van der Waals surface area contributed by atoms with Crippen LogP contribution in [0.4, 0.5) is 0 Å². The Morgan fingerprint density at radius 1 is 1.57 bits per heavy atom. The van der Waals surface area contributed by atoms with Crippen molar-refractivity contribution in [1.82, 2.24) is 15.5 Å². The molecule has 6 heteroatoms. The van der Waals surface area contributed by atoms with Gasteiger partial charge in [0.15, 0.2) is 0 Å². The molecule has 0 spiro atoms. The molecule has 1 fully saturated rings. The molecule has 0 amide bonds. The molecule has 1 atom stereocenters. The van der Waals surface area contributed by atoms with Gasteiger partial charge in [0.1, 0.15) is 0 Å². The Bertz CT molecular complexity index is 286. The Kier molecular flexibility index (Phi) is 3.39. The first-order chi connectivity index (χ1) is 6.88. The topological polar surface area (TPSA) is 60.2 Å². The summed E-state index contributed by atoms with van der Waals surface area (Å²) in [6, 6.07) is 0.305. The van der Waals surface area contributed by atoms with Gasteiger partial charge in [-0.3, -0.25) is 0 Å². The van der Waals surface area contributed by atoms with E-state index in [0.29, 0.717) is 17.2 Å². The Morgan fingerprint density at radius 2 is 2.50 bits per heavy atom. The lowest BCUT2D eigenvalue weighted by Gasteiger charge is -2.22. The normalized spacial score (nSPS) is 22.5. The van der Waals surface area contributed by atoms with Crippen LogP contribution < -0.4 is 5.32 Å². The lowest BCUT2D eigenvalue weighted by molar-refractivity contribution is 0.0746. The molecule has 1 N–H and O–H groups in total. The molecule has 0 bridgehead atoms. The van der Waals surface area contributed by atoms with Gasteiger partial charge in [-0.2, -0.15) is 0 Å². The summed E-state index contributed by atoms with van der Waals surface area (Å²) in [5, 5.41) is 11.8. The van der Waals surface area contributed by atoms with Crippen molar-refractivity contribution in [2.24, 2.45) is 0 Å². The first-order valence-electron chi connectivity index (χ1n) is 4.56. The van der Waals surface area contributed by atoms with Gasteiger partial charge in [0.2, 0.25) is 5.89 Å². The Hall–Kier alpha value is -0.590. The van der Waals surface area contributed by atoms with Gasteiger partial charge in [0.05, 0.1) is 13.2 Å². The van der Waals surface area contributed by atoms with E-state index in [0.717, 1.165) is 26.2 Å². The fourth-order valence-corrected chi connectivity index (χ4v) is 1.67. The molecule has 1 aromatic rings. The minimum absolute atomic E-state index is 0.305. The monoisotopic (exact) mass is 215 g/mol. The summed E-state index contributed by atoms with van der Waals surface area (Å²) in [4.78, 5) is 0. The van der Waals surface area contributed by atoms with Gasteiger partial charge >= 0.3 is 0 Å². The van der Waals surface area contributed by atoms with Crippen molar-refractivity contribution in [2.75, 3.05) is 26.0 Å². The lowest BCUT2D eigenvalue weighted by atomic mass is 10.2. The zero-order valence-electron chi connectivity index (χ0n) is 8.02. The van der Waals surface area contributed by atoms with Gasteiger partial charge in [0.25, 0.3) is 5.22 Å². The van der Waals surface area contributed by atoms with E-state index in [-0.39, 0.29) is 0 Å². The lowest BCUT2D eigenvalue weighted by Crippen LogP contribution is -2.42. The van der Waals surface area contributed by atoms with Crippen LogP contribution in [0.2, 0.25) is 0 Å². The maximum absolute atomic E-state index is 5.38. The van der Waals surface area contributed by atoms with E-state index in [1.807, 2.05) is 6.26 Å². The van der Waals surface area contributed by atoms with Crippen LogP contribution in [0, 0.1) is 0 Å². The van der Waals surface area contributed by atoms with E-state index in [4.69, 9.17) is 9.15 Å². The molecule has 14 heavy (non-hydrogen) atoms. The van der Waals surface area contributed by atoms with E-state index in [2.05, 4.69) is 15.5 Å². The molecule has 2 heterocycles. The van der Waals surface area contributed by atoms with Crippen LogP contribution in [0.25, 0.3) is 0 Å². The quantitative estimate of drug-likeness (QED) is 0.733. The van der Waals surface area contributed by atoms with Crippen molar-refractivity contribution in [3.63, 3.8) is 0 Å². The number of aromatic nitrogens is 2. The zero-order chi connectivity index (χ0) is 9.80. The third-order valence-electron chi connectivity index (χ3n) is 2.04. The minimum Gasteiger partial charge on any atom is -0.416 e. The number of hydrogen-bond acceptors (Lipinski definition) is 6. The molecule has 1 saturated heterocycles. The second-order valence-corrected chi connectivity index (χ2v) is 3.85. The molecule has 1 aromatic heterocycles. The maximum atomic E-state index is 5.38. The van der Waals surface area contributed by atoms with Gasteiger partial charge in [-0.05, 0) is 6.26 Å². The number of hydrogen-bond donors (Lipinski definition) is 1. The molecular formula is C8H13N3O2S. The van der Waals surface area contributed by atoms with E-state index < -0.39 is 0 Å². The van der Waals surface area contributed by atoms with E-state index in [1.54, 1.807) is 0 Å². The summed E-state index contributed by atoms with van der Waals surface area (Å²) in [7, 11) is 0. The Balaban J connectivity index is 1.89. The molecule has 0 aromatic carbocycles. The number of thioether (sulfide) groups is 1. The summed E-state index contributed by atoms with van der Waals surface area (Å²) < 4.78 is 10.7. The third-order valence-corrected chi connectivity index (χ3v) is 2.56. The molecule has 1 unspecified atom stereocenters. The van der Waals surface area contributed by atoms with Gasteiger partial charge in [-0.15, -0.1) is 10.2 Å². The highest BCUT2D eigenvalue weighted by Gasteiger charge is 2.16. The highest BCUT2D eigenvalue weighted by atomic mass is 32.2. The van der Waals surface area contributed by atoms with Gasteiger partial charge in [-0.1, -0.05) is 11.8 Å². The second-order valence-electron chi connectivity index (χ2n) is 3.10. The Morgan fingerprint density at radius 3 is 3.14 bits per heavy atom. The zero-order valence-corrected chi connectivity index (χ0v) is 8.84. The summed E-state index contributed by atoms with van der Waals surface area (Å²) in [6.07, 6.45) is 2.66. The third kappa shape index (κ3) is 2.46. The number of morpholine rings is 1. The predicted molar refractivity (Wildman–Crippen MR) is 52.4 cm³/mol. The Labute approximate surface area is 86.6 Å². The molecule has 1 aliphatic rings.